The number of aliphatic hydroxyl groups is 1. The van der Waals surface area contributed by atoms with E-state index in [4.69, 9.17) is 0 Å². The van der Waals surface area contributed by atoms with Crippen LogP contribution in [0.3, 0.4) is 0 Å². The predicted octanol–water partition coefficient (Wildman–Crippen LogP) is 4.12. The lowest BCUT2D eigenvalue weighted by atomic mass is 9.86. The maximum absolute atomic E-state index is 11.3. The van der Waals surface area contributed by atoms with Crippen LogP contribution in [-0.4, -0.2) is 41.7 Å². The highest BCUT2D eigenvalue weighted by atomic mass is 16.4. The van der Waals surface area contributed by atoms with Crippen LogP contribution in [0.1, 0.15) is 64.5 Å². The van der Waals surface area contributed by atoms with Crippen molar-refractivity contribution in [1.29, 1.82) is 0 Å². The van der Waals surface area contributed by atoms with E-state index in [1.165, 1.54) is 56.3 Å². The minimum absolute atomic E-state index is 0.284. The summed E-state index contributed by atoms with van der Waals surface area (Å²) in [7, 11) is 0. The smallest absolute Gasteiger partial charge is 0.154 e. The molecule has 2 aromatic rings. The average molecular weight is 414 g/mol. The number of hydrogen-bond acceptors (Lipinski definition) is 3. The molecule has 1 N–H and O–H groups in total. The molecule has 0 saturated carbocycles. The molecule has 2 rings (SSSR count). The summed E-state index contributed by atoms with van der Waals surface area (Å²) >= 11 is 0. The van der Waals surface area contributed by atoms with Gasteiger partial charge in [-0.2, -0.15) is 0 Å². The number of carboxylic acids is 1. The van der Waals surface area contributed by atoms with Gasteiger partial charge in [-0.15, -0.1) is 0 Å². The van der Waals surface area contributed by atoms with Crippen LogP contribution in [0.2, 0.25) is 0 Å². The highest BCUT2D eigenvalue weighted by Crippen LogP contribution is 2.28. The average Bonchev–Trinajstić information content (AvgIpc) is 2.75. The van der Waals surface area contributed by atoms with Gasteiger partial charge in [0, 0.05) is 0 Å². The second-order valence-electron chi connectivity index (χ2n) is 7.97. The second-order valence-corrected chi connectivity index (χ2v) is 7.97. The molecule has 0 amide bonds. The minimum Gasteiger partial charge on any atom is -0.546 e. The van der Waals surface area contributed by atoms with Gasteiger partial charge < -0.3 is 19.5 Å². The Balaban J connectivity index is 0.000000314. The van der Waals surface area contributed by atoms with Crippen molar-refractivity contribution in [3.05, 3.63) is 71.8 Å². The fourth-order valence-electron chi connectivity index (χ4n) is 4.33. The SMILES string of the molecule is CCC[N+](CCC)(CCC)CCC.O=C([O-])C(O)(c1ccccc1)c1ccccc1. The first-order valence-electron chi connectivity index (χ1n) is 11.3. The van der Waals surface area contributed by atoms with Crippen molar-refractivity contribution in [2.75, 3.05) is 26.2 Å². The molecule has 0 aliphatic heterocycles. The molecule has 0 spiro atoms. The van der Waals surface area contributed by atoms with E-state index in [0.29, 0.717) is 0 Å². The van der Waals surface area contributed by atoms with Crippen molar-refractivity contribution >= 4 is 5.97 Å². The Labute approximate surface area is 182 Å². The molecule has 0 saturated heterocycles. The molecule has 0 atom stereocenters. The van der Waals surface area contributed by atoms with Gasteiger partial charge in [0.05, 0.1) is 32.1 Å². The van der Waals surface area contributed by atoms with Crippen LogP contribution in [0.15, 0.2) is 60.7 Å². The Morgan fingerprint density at radius 1 is 0.733 bits per heavy atom. The molecule has 0 heterocycles. The van der Waals surface area contributed by atoms with Crippen molar-refractivity contribution in [1.82, 2.24) is 0 Å². The lowest BCUT2D eigenvalue weighted by Gasteiger charge is -2.38. The normalized spacial score (nSPS) is 11.5. The minimum atomic E-state index is -2.11. The number of nitrogens with zero attached hydrogens (tertiary/aromatic N) is 1. The van der Waals surface area contributed by atoms with Gasteiger partial charge in [-0.1, -0.05) is 88.4 Å². The third-order valence-corrected chi connectivity index (χ3v) is 5.47. The first kappa shape index (κ1) is 25.9. The number of carbonyl (C=O) groups is 1. The molecular formula is C26H39NO3. The van der Waals surface area contributed by atoms with Gasteiger partial charge in [0.1, 0.15) is 0 Å². The molecule has 0 aromatic heterocycles. The van der Waals surface area contributed by atoms with Crippen molar-refractivity contribution < 1.29 is 19.5 Å². The third kappa shape index (κ3) is 6.96. The number of carboxylic acid groups (broad SMARTS) is 1. The number of benzene rings is 2. The third-order valence-electron chi connectivity index (χ3n) is 5.47. The fraction of sp³-hybridized carbons (Fsp3) is 0.500. The molecule has 0 aliphatic carbocycles. The van der Waals surface area contributed by atoms with Crippen LogP contribution in [0.4, 0.5) is 0 Å². The van der Waals surface area contributed by atoms with Gasteiger partial charge in [0.2, 0.25) is 0 Å². The lowest BCUT2D eigenvalue weighted by Crippen LogP contribution is -2.50. The Morgan fingerprint density at radius 3 is 1.27 bits per heavy atom. The molecule has 166 valence electrons. The maximum Gasteiger partial charge on any atom is 0.154 e. The predicted molar refractivity (Wildman–Crippen MR) is 122 cm³/mol. The topological polar surface area (TPSA) is 60.4 Å². The zero-order chi connectivity index (χ0) is 22.5. The molecule has 0 unspecified atom stereocenters. The van der Waals surface area contributed by atoms with Crippen LogP contribution in [0.25, 0.3) is 0 Å². The summed E-state index contributed by atoms with van der Waals surface area (Å²) in [5.41, 5.74) is -1.54. The number of quaternary nitrogens is 1. The Hall–Kier alpha value is -2.17. The van der Waals surface area contributed by atoms with E-state index in [9.17, 15) is 15.0 Å². The van der Waals surface area contributed by atoms with E-state index >= 15 is 0 Å². The van der Waals surface area contributed by atoms with Crippen LogP contribution < -0.4 is 5.11 Å². The van der Waals surface area contributed by atoms with E-state index in [0.717, 1.165) is 0 Å². The van der Waals surface area contributed by atoms with Crippen molar-refractivity contribution in [2.45, 2.75) is 59.0 Å². The quantitative estimate of drug-likeness (QED) is 0.564. The van der Waals surface area contributed by atoms with E-state index in [1.54, 1.807) is 60.7 Å². The van der Waals surface area contributed by atoms with E-state index in [-0.39, 0.29) is 11.1 Å². The monoisotopic (exact) mass is 413 g/mol. The summed E-state index contributed by atoms with van der Waals surface area (Å²) in [5, 5.41) is 21.6. The van der Waals surface area contributed by atoms with Gasteiger partial charge in [-0.25, -0.2) is 0 Å². The number of aliphatic carboxylic acids is 1. The van der Waals surface area contributed by atoms with Gasteiger partial charge in [0.15, 0.2) is 5.60 Å². The lowest BCUT2D eigenvalue weighted by molar-refractivity contribution is -0.928. The highest BCUT2D eigenvalue weighted by molar-refractivity contribution is 5.81. The standard InChI is InChI=1S/C14H12O3.C12H28N/c15-13(16)14(17,11-7-3-1-4-8-11)12-9-5-2-6-10-12;1-5-9-13(10-6-2,11-7-3)12-8-4/h1-10,17H,(H,15,16);5-12H2,1-4H3/q;+1/p-1. The first-order chi connectivity index (χ1) is 14.4. The van der Waals surface area contributed by atoms with Crippen molar-refractivity contribution in [3.63, 3.8) is 0 Å². The van der Waals surface area contributed by atoms with Crippen molar-refractivity contribution in [3.8, 4) is 0 Å². The molecular weight excluding hydrogens is 374 g/mol. The summed E-state index contributed by atoms with van der Waals surface area (Å²) in [5.74, 6) is -1.53. The number of rotatable bonds is 11. The molecule has 30 heavy (non-hydrogen) atoms. The van der Waals surface area contributed by atoms with Crippen LogP contribution in [0, 0.1) is 0 Å². The summed E-state index contributed by atoms with van der Waals surface area (Å²) in [6.45, 7) is 14.8. The largest absolute Gasteiger partial charge is 0.546 e. The molecule has 0 aliphatic rings. The van der Waals surface area contributed by atoms with E-state index in [1.807, 2.05) is 0 Å². The van der Waals surface area contributed by atoms with Crippen LogP contribution >= 0.6 is 0 Å². The van der Waals surface area contributed by atoms with Crippen molar-refractivity contribution in [2.24, 2.45) is 0 Å². The molecule has 0 fully saturated rings. The zero-order valence-corrected chi connectivity index (χ0v) is 19.1. The second kappa shape index (κ2) is 13.2. The number of hydrogen-bond donors (Lipinski definition) is 1. The first-order valence-corrected chi connectivity index (χ1v) is 11.3. The summed E-state index contributed by atoms with van der Waals surface area (Å²) in [6, 6.07) is 16.4. The zero-order valence-electron chi connectivity index (χ0n) is 19.1. The highest BCUT2D eigenvalue weighted by Gasteiger charge is 2.32. The fourth-order valence-corrected chi connectivity index (χ4v) is 4.33. The summed E-state index contributed by atoms with van der Waals surface area (Å²) < 4.78 is 1.38. The van der Waals surface area contributed by atoms with Crippen LogP contribution in [0.5, 0.6) is 0 Å². The molecule has 4 heteroatoms. The van der Waals surface area contributed by atoms with E-state index in [2.05, 4.69) is 27.7 Å². The molecule has 0 bridgehead atoms. The van der Waals surface area contributed by atoms with Gasteiger partial charge in [0.25, 0.3) is 0 Å². The Bertz CT molecular complexity index is 647. The molecule has 2 aromatic carbocycles. The maximum atomic E-state index is 11.3. The molecule has 0 radical (unpaired) electrons. The van der Waals surface area contributed by atoms with Gasteiger partial charge in [-0.05, 0) is 36.8 Å². The van der Waals surface area contributed by atoms with E-state index < -0.39 is 11.6 Å². The number of carbonyl (C=O) groups excluding carboxylic acids is 1. The summed E-state index contributed by atoms with van der Waals surface area (Å²) in [4.78, 5) is 11.3. The van der Waals surface area contributed by atoms with Gasteiger partial charge in [-0.3, -0.25) is 0 Å². The Kier molecular flexibility index (Phi) is 11.4. The van der Waals surface area contributed by atoms with Gasteiger partial charge >= 0.3 is 0 Å². The summed E-state index contributed by atoms with van der Waals surface area (Å²) in [6.07, 6.45) is 5.33. The molecule has 4 nitrogen and oxygen atoms in total. The Morgan fingerprint density at radius 2 is 1.03 bits per heavy atom. The van der Waals surface area contributed by atoms with Crippen LogP contribution in [-0.2, 0) is 10.4 Å².